The van der Waals surface area contributed by atoms with Crippen molar-refractivity contribution in [2.45, 2.75) is 12.8 Å². The molecule has 0 saturated heterocycles. The summed E-state index contributed by atoms with van der Waals surface area (Å²) in [5, 5.41) is 9.85. The summed E-state index contributed by atoms with van der Waals surface area (Å²) >= 11 is 0. The quantitative estimate of drug-likeness (QED) is 0.718. The minimum absolute atomic E-state index is 0.345. The molecule has 0 saturated carbocycles. The van der Waals surface area contributed by atoms with Gasteiger partial charge in [-0.15, -0.1) is 13.2 Å². The van der Waals surface area contributed by atoms with E-state index in [9.17, 15) is 5.11 Å². The lowest BCUT2D eigenvalue weighted by Crippen LogP contribution is -1.91. The Bertz CT molecular complexity index is 319. The van der Waals surface area contributed by atoms with Crippen molar-refractivity contribution in [1.29, 1.82) is 0 Å². The van der Waals surface area contributed by atoms with Gasteiger partial charge in [-0.2, -0.15) is 0 Å². The molecule has 0 aliphatic rings. The van der Waals surface area contributed by atoms with E-state index < -0.39 is 0 Å². The third kappa shape index (κ3) is 2.25. The van der Waals surface area contributed by atoms with E-state index in [1.807, 2.05) is 12.1 Å². The smallest absolute Gasteiger partial charge is 0.122 e. The van der Waals surface area contributed by atoms with Gasteiger partial charge >= 0.3 is 0 Å². The van der Waals surface area contributed by atoms with Gasteiger partial charge < -0.3 is 5.11 Å². The van der Waals surface area contributed by atoms with Crippen LogP contribution >= 0.6 is 0 Å². The van der Waals surface area contributed by atoms with Gasteiger partial charge in [-0.05, 0) is 36.5 Å². The van der Waals surface area contributed by atoms with Gasteiger partial charge in [0, 0.05) is 0 Å². The Labute approximate surface area is 85.4 Å². The highest BCUT2D eigenvalue weighted by atomic mass is 16.3. The van der Waals surface area contributed by atoms with Gasteiger partial charge in [-0.3, -0.25) is 0 Å². The molecule has 1 nitrogen and oxygen atoms in total. The van der Waals surface area contributed by atoms with E-state index >= 15 is 0 Å². The van der Waals surface area contributed by atoms with Crippen molar-refractivity contribution < 1.29 is 5.11 Å². The highest BCUT2D eigenvalue weighted by Crippen LogP contribution is 2.25. The van der Waals surface area contributed by atoms with Crippen LogP contribution in [0.4, 0.5) is 0 Å². The fourth-order valence-electron chi connectivity index (χ4n) is 1.45. The summed E-state index contributed by atoms with van der Waals surface area (Å²) < 4.78 is 0. The van der Waals surface area contributed by atoms with Crippen LogP contribution in [0.25, 0.3) is 0 Å². The zero-order chi connectivity index (χ0) is 10.6. The molecule has 1 aromatic rings. The van der Waals surface area contributed by atoms with Gasteiger partial charge in [-0.1, -0.05) is 24.3 Å². The zero-order valence-electron chi connectivity index (χ0n) is 8.29. The van der Waals surface area contributed by atoms with Gasteiger partial charge in [0.25, 0.3) is 0 Å². The first-order valence-electron chi connectivity index (χ1n) is 4.57. The van der Waals surface area contributed by atoms with Crippen LogP contribution < -0.4 is 0 Å². The van der Waals surface area contributed by atoms with Crippen LogP contribution in [0.2, 0.25) is 0 Å². The fourth-order valence-corrected chi connectivity index (χ4v) is 1.45. The first kappa shape index (κ1) is 10.6. The molecular formula is C13H15O. The number of phenols is 1. The lowest BCUT2D eigenvalue weighted by molar-refractivity contribution is 0.464. The van der Waals surface area contributed by atoms with Gasteiger partial charge in [0.1, 0.15) is 5.75 Å². The third-order valence-electron chi connectivity index (χ3n) is 2.06. The second kappa shape index (κ2) is 4.66. The third-order valence-corrected chi connectivity index (χ3v) is 2.06. The largest absolute Gasteiger partial charge is 0.507 e. The van der Waals surface area contributed by atoms with E-state index in [2.05, 4.69) is 20.1 Å². The maximum absolute atomic E-state index is 9.85. The van der Waals surface area contributed by atoms with Crippen LogP contribution in [-0.2, 0) is 12.8 Å². The number of rotatable bonds is 4. The van der Waals surface area contributed by atoms with Gasteiger partial charge in [-0.25, -0.2) is 0 Å². The van der Waals surface area contributed by atoms with Crippen LogP contribution in [-0.4, -0.2) is 5.11 Å². The summed E-state index contributed by atoms with van der Waals surface area (Å²) in [4.78, 5) is 0. The molecular weight excluding hydrogens is 172 g/mol. The van der Waals surface area contributed by atoms with Crippen LogP contribution in [0.3, 0.4) is 0 Å². The van der Waals surface area contributed by atoms with Crippen LogP contribution in [0.15, 0.2) is 37.4 Å². The van der Waals surface area contributed by atoms with E-state index in [0.717, 1.165) is 16.7 Å². The van der Waals surface area contributed by atoms with Gasteiger partial charge in [0.15, 0.2) is 0 Å². The Kier molecular flexibility index (Phi) is 3.52. The number of hydrogen-bond acceptors (Lipinski definition) is 1. The molecule has 0 aromatic heterocycles. The minimum Gasteiger partial charge on any atom is -0.507 e. The number of aromatic hydroxyl groups is 1. The summed E-state index contributed by atoms with van der Waals surface area (Å²) in [5.41, 5.74) is 2.67. The molecule has 14 heavy (non-hydrogen) atoms. The molecule has 0 spiro atoms. The lowest BCUT2D eigenvalue weighted by Gasteiger charge is -2.08. The number of allylic oxidation sites excluding steroid dienone is 2. The van der Waals surface area contributed by atoms with Crippen molar-refractivity contribution in [2.75, 3.05) is 0 Å². The standard InChI is InChI=1S/C13H15O/c1-4-6-11-8-10(3)9-12(7-5-2)13(11)14/h4-5,8-9,14H,1-3,6-7H2. The van der Waals surface area contributed by atoms with E-state index in [-0.39, 0.29) is 0 Å². The van der Waals surface area contributed by atoms with Crippen molar-refractivity contribution in [3.63, 3.8) is 0 Å². The van der Waals surface area contributed by atoms with Gasteiger partial charge in [0.05, 0.1) is 0 Å². The lowest BCUT2D eigenvalue weighted by atomic mass is 10.0. The summed E-state index contributed by atoms with van der Waals surface area (Å²) in [6.07, 6.45) is 4.87. The Morgan fingerprint density at radius 2 is 1.50 bits per heavy atom. The van der Waals surface area contributed by atoms with Crippen LogP contribution in [0, 0.1) is 6.92 Å². The van der Waals surface area contributed by atoms with Crippen molar-refractivity contribution in [1.82, 2.24) is 0 Å². The molecule has 0 aliphatic heterocycles. The topological polar surface area (TPSA) is 20.2 Å². The van der Waals surface area contributed by atoms with E-state index in [1.165, 1.54) is 0 Å². The number of hydrogen-bond donors (Lipinski definition) is 1. The van der Waals surface area contributed by atoms with Crippen molar-refractivity contribution >= 4 is 0 Å². The maximum atomic E-state index is 9.85. The first-order chi connectivity index (χ1) is 6.69. The predicted octanol–water partition coefficient (Wildman–Crippen LogP) is 3.03. The van der Waals surface area contributed by atoms with Crippen molar-refractivity contribution in [3.8, 4) is 5.75 Å². The Hall–Kier alpha value is -1.50. The van der Waals surface area contributed by atoms with E-state index in [4.69, 9.17) is 0 Å². The fraction of sp³-hybridized carbons (Fsp3) is 0.154. The molecule has 1 radical (unpaired) electrons. The van der Waals surface area contributed by atoms with Crippen molar-refractivity contribution in [3.05, 3.63) is 61.1 Å². The second-order valence-electron chi connectivity index (χ2n) is 3.25. The molecule has 0 amide bonds. The monoisotopic (exact) mass is 187 g/mol. The first-order valence-corrected chi connectivity index (χ1v) is 4.57. The Balaban J connectivity index is 3.16. The molecule has 0 atom stereocenters. The van der Waals surface area contributed by atoms with Crippen molar-refractivity contribution in [2.24, 2.45) is 0 Å². The number of phenolic OH excluding ortho intramolecular Hbond substituents is 1. The maximum Gasteiger partial charge on any atom is 0.122 e. The minimum atomic E-state index is 0.345. The van der Waals surface area contributed by atoms with Crippen LogP contribution in [0.1, 0.15) is 16.7 Å². The van der Waals surface area contributed by atoms with Crippen LogP contribution in [0.5, 0.6) is 5.75 Å². The highest BCUT2D eigenvalue weighted by Gasteiger charge is 2.05. The summed E-state index contributed by atoms with van der Waals surface area (Å²) in [7, 11) is 0. The molecule has 1 rings (SSSR count). The zero-order valence-corrected chi connectivity index (χ0v) is 8.29. The molecule has 73 valence electrons. The molecule has 1 heteroatoms. The Morgan fingerprint density at radius 3 is 1.86 bits per heavy atom. The van der Waals surface area contributed by atoms with E-state index in [1.54, 1.807) is 12.2 Å². The molecule has 1 aromatic carbocycles. The summed E-state index contributed by atoms with van der Waals surface area (Å²) in [6, 6.07) is 3.76. The Morgan fingerprint density at radius 1 is 1.07 bits per heavy atom. The van der Waals surface area contributed by atoms with E-state index in [0.29, 0.717) is 18.6 Å². The summed E-state index contributed by atoms with van der Waals surface area (Å²) in [6.45, 7) is 11.2. The molecule has 0 bridgehead atoms. The molecule has 0 fully saturated rings. The molecule has 1 N–H and O–H groups in total. The summed E-state index contributed by atoms with van der Waals surface area (Å²) in [5.74, 6) is 0.345. The predicted molar refractivity (Wildman–Crippen MR) is 60.4 cm³/mol. The average molecular weight is 187 g/mol. The normalized spacial score (nSPS) is 9.79. The number of benzene rings is 1. The molecule has 0 aliphatic carbocycles. The molecule has 0 unspecified atom stereocenters. The SMILES string of the molecule is [CH2]c1cc(CC=C)c(O)c(CC=C)c1. The average Bonchev–Trinajstić information content (AvgIpc) is 2.14. The van der Waals surface area contributed by atoms with Gasteiger partial charge in [0.2, 0.25) is 0 Å². The highest BCUT2D eigenvalue weighted by molar-refractivity contribution is 5.46. The molecule has 0 heterocycles. The second-order valence-corrected chi connectivity index (χ2v) is 3.25.